The molecule has 0 aromatic carbocycles. The van der Waals surface area contributed by atoms with Crippen LogP contribution in [0.2, 0.25) is 0 Å². The first-order chi connectivity index (χ1) is 15.2. The van der Waals surface area contributed by atoms with Crippen LogP contribution in [0.15, 0.2) is 30.9 Å². The van der Waals surface area contributed by atoms with Crippen LogP contribution >= 0.6 is 35.1 Å². The van der Waals surface area contributed by atoms with Crippen LogP contribution in [0.25, 0.3) is 42.4 Å². The van der Waals surface area contributed by atoms with Crippen molar-refractivity contribution in [1.29, 1.82) is 0 Å². The van der Waals surface area contributed by atoms with Gasteiger partial charge in [0.25, 0.3) is 0 Å². The Balaban J connectivity index is 0.00000216. The van der Waals surface area contributed by atoms with E-state index >= 15 is 0 Å². The highest BCUT2D eigenvalue weighted by atomic mass is 35.5. The zero-order valence-electron chi connectivity index (χ0n) is 17.7. The van der Waals surface area contributed by atoms with E-state index in [-0.39, 0.29) is 12.4 Å². The van der Waals surface area contributed by atoms with E-state index in [4.69, 9.17) is 15.0 Å². The molecular weight excluding hydrogens is 464 g/mol. The lowest BCUT2D eigenvalue weighted by atomic mass is 10.1. The van der Waals surface area contributed by atoms with Crippen molar-refractivity contribution >= 4 is 60.8 Å². The molecule has 0 saturated carbocycles. The molecule has 0 spiro atoms. The number of hydrogen-bond donors (Lipinski definition) is 2. The van der Waals surface area contributed by atoms with Gasteiger partial charge < -0.3 is 14.8 Å². The van der Waals surface area contributed by atoms with Gasteiger partial charge in [-0.2, -0.15) is 5.10 Å². The molecule has 6 heterocycles. The number of pyridine rings is 1. The van der Waals surface area contributed by atoms with Gasteiger partial charge in [0.15, 0.2) is 14.8 Å². The zero-order valence-corrected chi connectivity index (χ0v) is 20.2. The van der Waals surface area contributed by atoms with Crippen LogP contribution in [0, 0.1) is 0 Å². The maximum Gasteiger partial charge on any atom is 0.188 e. The van der Waals surface area contributed by atoms with Crippen molar-refractivity contribution in [2.45, 2.75) is 18.9 Å². The van der Waals surface area contributed by atoms with E-state index in [2.05, 4.69) is 44.3 Å². The third kappa shape index (κ3) is 3.47. The lowest BCUT2D eigenvalue weighted by molar-refractivity contribution is 0.443. The number of fused-ring (bicyclic) bond motifs is 2. The molecule has 1 aliphatic rings. The number of halogens is 1. The Bertz CT molecular complexity index is 1330. The molecule has 6 rings (SSSR count). The molecule has 0 bridgehead atoms. The van der Waals surface area contributed by atoms with Gasteiger partial charge in [0.1, 0.15) is 10.7 Å². The molecule has 166 valence electrons. The Morgan fingerprint density at radius 2 is 1.94 bits per heavy atom. The van der Waals surface area contributed by atoms with E-state index in [9.17, 15) is 0 Å². The first-order valence-corrected chi connectivity index (χ1v) is 12.0. The Labute approximate surface area is 199 Å². The largest absolute Gasteiger partial charge is 0.349 e. The normalized spacial score (nSPS) is 14.8. The number of nitrogens with one attached hydrogen (secondary N) is 2. The Hall–Kier alpha value is -2.53. The summed E-state index contributed by atoms with van der Waals surface area (Å²) >= 11 is 3.29. The number of aromatic nitrogens is 6. The van der Waals surface area contributed by atoms with E-state index in [1.165, 1.54) is 0 Å². The van der Waals surface area contributed by atoms with E-state index in [1.54, 1.807) is 22.7 Å². The summed E-state index contributed by atoms with van der Waals surface area (Å²) in [5.41, 5.74) is 4.07. The van der Waals surface area contributed by atoms with Gasteiger partial charge in [-0.05, 0) is 32.0 Å². The summed E-state index contributed by atoms with van der Waals surface area (Å²) in [6.45, 7) is 2.15. The van der Waals surface area contributed by atoms with Crippen molar-refractivity contribution < 1.29 is 0 Å². The number of H-pyrrole nitrogens is 1. The van der Waals surface area contributed by atoms with E-state index in [0.717, 1.165) is 73.5 Å². The molecule has 1 fully saturated rings. The molecule has 0 aliphatic carbocycles. The van der Waals surface area contributed by atoms with Crippen molar-refractivity contribution in [2.75, 3.05) is 25.0 Å². The van der Waals surface area contributed by atoms with Gasteiger partial charge in [-0.25, -0.2) is 9.97 Å². The van der Waals surface area contributed by atoms with Gasteiger partial charge >= 0.3 is 0 Å². The van der Waals surface area contributed by atoms with Gasteiger partial charge in [0.2, 0.25) is 0 Å². The average molecular weight is 487 g/mol. The maximum atomic E-state index is 4.94. The molecule has 2 N–H and O–H groups in total. The molecule has 1 saturated heterocycles. The fraction of sp³-hybridized carbons (Fsp3) is 0.333. The summed E-state index contributed by atoms with van der Waals surface area (Å²) in [7, 11) is 4.20. The van der Waals surface area contributed by atoms with Crippen LogP contribution < -0.4 is 10.2 Å². The average Bonchev–Trinajstić information content (AvgIpc) is 3.57. The third-order valence-corrected chi connectivity index (χ3v) is 8.17. The summed E-state index contributed by atoms with van der Waals surface area (Å²) in [5.74, 6) is 0. The second-order valence-electron chi connectivity index (χ2n) is 7.91. The molecular formula is C21H23ClN8S2. The van der Waals surface area contributed by atoms with Gasteiger partial charge in [-0.3, -0.25) is 10.1 Å². The first-order valence-electron chi connectivity index (χ1n) is 10.3. The summed E-state index contributed by atoms with van der Waals surface area (Å²) in [5, 5.41) is 13.5. The zero-order chi connectivity index (χ0) is 20.9. The summed E-state index contributed by atoms with van der Waals surface area (Å²) in [6.07, 6.45) is 10.0. The second kappa shape index (κ2) is 8.43. The minimum atomic E-state index is 0. The molecule has 1 aliphatic heterocycles. The number of hydrogen-bond acceptors (Lipinski definition) is 8. The van der Waals surface area contributed by atoms with Crippen LogP contribution in [0.3, 0.4) is 0 Å². The van der Waals surface area contributed by atoms with Crippen molar-refractivity contribution in [3.63, 3.8) is 0 Å². The van der Waals surface area contributed by atoms with Crippen LogP contribution in [0.4, 0.5) is 5.13 Å². The quantitative estimate of drug-likeness (QED) is 0.393. The Kier molecular flexibility index (Phi) is 5.62. The predicted octanol–water partition coefficient (Wildman–Crippen LogP) is 4.31. The summed E-state index contributed by atoms with van der Waals surface area (Å²) in [6, 6.07) is 2.67. The van der Waals surface area contributed by atoms with Crippen LogP contribution in [-0.2, 0) is 7.05 Å². The number of aromatic amines is 1. The maximum absolute atomic E-state index is 4.94. The molecule has 8 nitrogen and oxygen atoms in total. The third-order valence-electron chi connectivity index (χ3n) is 6.04. The number of anilines is 1. The standard InChI is InChI=1S/C21H22N8S2.ClH/c1-28-8-5-14-15(12-9-24-25-10-12)11-23-16(17(14)28)18-26-19-20(30-18)27-21(31-19)29(2)13-3-6-22-7-4-13;/h5,8-11,13,22H,3-4,6-7H2,1-2H3,(H,24,25);1H. The highest BCUT2D eigenvalue weighted by Crippen LogP contribution is 2.40. The summed E-state index contributed by atoms with van der Waals surface area (Å²) in [4.78, 5) is 19.0. The van der Waals surface area contributed by atoms with Gasteiger partial charge in [0.05, 0.1) is 11.7 Å². The van der Waals surface area contributed by atoms with Gasteiger partial charge in [0, 0.05) is 55.2 Å². The van der Waals surface area contributed by atoms with Crippen molar-refractivity contribution in [3.05, 3.63) is 30.9 Å². The molecule has 5 aromatic rings. The molecule has 5 aromatic heterocycles. The second-order valence-corrected chi connectivity index (χ2v) is 9.85. The molecule has 0 atom stereocenters. The smallest absolute Gasteiger partial charge is 0.188 e. The van der Waals surface area contributed by atoms with E-state index in [1.807, 2.05) is 25.6 Å². The molecule has 32 heavy (non-hydrogen) atoms. The van der Waals surface area contributed by atoms with Crippen LogP contribution in [0.1, 0.15) is 12.8 Å². The number of piperidine rings is 1. The molecule has 0 radical (unpaired) electrons. The lowest BCUT2D eigenvalue weighted by Crippen LogP contribution is -2.41. The SMILES string of the molecule is CN(c1nc2sc(-c3ncc(-c4cn[nH]c4)c4ccn(C)c34)nc2s1)C1CCNCC1.Cl. The fourth-order valence-electron chi connectivity index (χ4n) is 4.32. The number of thiazole rings is 2. The van der Waals surface area contributed by atoms with Crippen LogP contribution in [0.5, 0.6) is 0 Å². The lowest BCUT2D eigenvalue weighted by Gasteiger charge is -2.31. The van der Waals surface area contributed by atoms with Crippen molar-refractivity contribution in [2.24, 2.45) is 7.05 Å². The number of nitrogens with zero attached hydrogens (tertiary/aromatic N) is 6. The monoisotopic (exact) mass is 486 g/mol. The van der Waals surface area contributed by atoms with Crippen molar-refractivity contribution in [1.82, 2.24) is 35.0 Å². The topological polar surface area (TPSA) is 87.6 Å². The Morgan fingerprint density at radius 3 is 2.69 bits per heavy atom. The van der Waals surface area contributed by atoms with E-state index in [0.29, 0.717) is 6.04 Å². The molecule has 11 heteroatoms. The highest BCUT2D eigenvalue weighted by molar-refractivity contribution is 7.29. The summed E-state index contributed by atoms with van der Waals surface area (Å²) < 4.78 is 2.11. The highest BCUT2D eigenvalue weighted by Gasteiger charge is 2.23. The predicted molar refractivity (Wildman–Crippen MR) is 134 cm³/mol. The number of rotatable bonds is 4. The van der Waals surface area contributed by atoms with E-state index < -0.39 is 0 Å². The fourth-order valence-corrected chi connectivity index (χ4v) is 6.39. The van der Waals surface area contributed by atoms with Gasteiger partial charge in [-0.1, -0.05) is 22.7 Å². The Morgan fingerprint density at radius 1 is 1.12 bits per heavy atom. The minimum Gasteiger partial charge on any atom is -0.349 e. The number of aryl methyl sites for hydroxylation is 1. The van der Waals surface area contributed by atoms with Gasteiger partial charge in [-0.15, -0.1) is 12.4 Å². The molecule has 0 amide bonds. The van der Waals surface area contributed by atoms with Crippen molar-refractivity contribution in [3.8, 4) is 21.8 Å². The molecule has 0 unspecified atom stereocenters. The van der Waals surface area contributed by atoms with Crippen LogP contribution in [-0.4, -0.2) is 55.9 Å². The minimum absolute atomic E-state index is 0. The first kappa shape index (κ1) is 21.3.